The Morgan fingerprint density at radius 2 is 2.21 bits per heavy atom. The van der Waals surface area contributed by atoms with Gasteiger partial charge in [0.2, 0.25) is 0 Å². The Labute approximate surface area is 85.7 Å². The molecule has 1 atom stereocenters. The van der Waals surface area contributed by atoms with Crippen molar-refractivity contribution in [2.45, 2.75) is 39.2 Å². The molecule has 0 aliphatic carbocycles. The molecular weight excluding hydrogens is 174 g/mol. The van der Waals surface area contributed by atoms with Crippen LogP contribution in [0.15, 0.2) is 18.2 Å². The summed E-state index contributed by atoms with van der Waals surface area (Å²) in [6, 6.07) is 6.18. The van der Waals surface area contributed by atoms with E-state index in [1.807, 2.05) is 12.1 Å². The average molecular weight is 193 g/mol. The molecule has 3 heteroatoms. The first-order valence-corrected chi connectivity index (χ1v) is 5.25. The summed E-state index contributed by atoms with van der Waals surface area (Å²) in [6.45, 7) is 4.37. The lowest BCUT2D eigenvalue weighted by molar-refractivity contribution is 0.620. The number of pyridine rings is 1. The first kappa shape index (κ1) is 10.8. The van der Waals surface area contributed by atoms with Gasteiger partial charge in [0, 0.05) is 6.04 Å². The second-order valence-corrected chi connectivity index (χ2v) is 3.49. The summed E-state index contributed by atoms with van der Waals surface area (Å²) in [7, 11) is 0. The molecule has 0 aliphatic heterocycles. The van der Waals surface area contributed by atoms with Gasteiger partial charge in [-0.15, -0.1) is 0 Å². The Balaban J connectivity index is 2.57. The maximum atomic E-state index is 5.60. The van der Waals surface area contributed by atoms with Crippen LogP contribution in [0.5, 0.6) is 0 Å². The predicted molar refractivity (Wildman–Crippen MR) is 61.3 cm³/mol. The SMILES string of the molecule is CCCC(CC)Nc1cccc(N)n1. The second-order valence-electron chi connectivity index (χ2n) is 3.49. The molecule has 1 rings (SSSR count). The van der Waals surface area contributed by atoms with Crippen LogP contribution in [0.1, 0.15) is 33.1 Å². The molecule has 1 aromatic rings. The van der Waals surface area contributed by atoms with Gasteiger partial charge in [0.05, 0.1) is 0 Å². The van der Waals surface area contributed by atoms with Crippen LogP contribution >= 0.6 is 0 Å². The van der Waals surface area contributed by atoms with Crippen molar-refractivity contribution in [3.63, 3.8) is 0 Å². The van der Waals surface area contributed by atoms with E-state index in [-0.39, 0.29) is 0 Å². The van der Waals surface area contributed by atoms with E-state index in [1.165, 1.54) is 12.8 Å². The molecule has 1 heterocycles. The zero-order chi connectivity index (χ0) is 10.4. The molecule has 0 saturated carbocycles. The highest BCUT2D eigenvalue weighted by atomic mass is 15.0. The molecule has 14 heavy (non-hydrogen) atoms. The zero-order valence-electron chi connectivity index (χ0n) is 8.96. The van der Waals surface area contributed by atoms with Crippen molar-refractivity contribution >= 4 is 11.6 Å². The third-order valence-electron chi connectivity index (χ3n) is 2.25. The zero-order valence-corrected chi connectivity index (χ0v) is 8.96. The molecule has 3 N–H and O–H groups in total. The molecule has 0 radical (unpaired) electrons. The minimum absolute atomic E-state index is 0.509. The summed E-state index contributed by atoms with van der Waals surface area (Å²) in [5.41, 5.74) is 5.60. The van der Waals surface area contributed by atoms with Crippen LogP contribution in [0.2, 0.25) is 0 Å². The van der Waals surface area contributed by atoms with E-state index in [2.05, 4.69) is 24.1 Å². The first-order valence-electron chi connectivity index (χ1n) is 5.25. The number of nitrogen functional groups attached to an aromatic ring is 1. The number of nitrogens with two attached hydrogens (primary N) is 1. The molecule has 3 nitrogen and oxygen atoms in total. The van der Waals surface area contributed by atoms with Gasteiger partial charge in [0.1, 0.15) is 11.6 Å². The Morgan fingerprint density at radius 3 is 2.79 bits per heavy atom. The number of nitrogens with zero attached hydrogens (tertiary/aromatic N) is 1. The average Bonchev–Trinajstić information content (AvgIpc) is 2.17. The lowest BCUT2D eigenvalue weighted by atomic mass is 10.1. The van der Waals surface area contributed by atoms with E-state index in [1.54, 1.807) is 6.07 Å². The fourth-order valence-electron chi connectivity index (χ4n) is 1.47. The van der Waals surface area contributed by atoms with E-state index in [0.717, 1.165) is 12.2 Å². The van der Waals surface area contributed by atoms with Crippen molar-refractivity contribution in [2.24, 2.45) is 0 Å². The number of hydrogen-bond acceptors (Lipinski definition) is 3. The van der Waals surface area contributed by atoms with E-state index in [9.17, 15) is 0 Å². The minimum atomic E-state index is 0.509. The third kappa shape index (κ3) is 3.24. The van der Waals surface area contributed by atoms with Crippen LogP contribution in [-0.2, 0) is 0 Å². The van der Waals surface area contributed by atoms with Crippen LogP contribution in [0.4, 0.5) is 11.6 Å². The normalized spacial score (nSPS) is 12.4. The van der Waals surface area contributed by atoms with Crippen molar-refractivity contribution in [1.82, 2.24) is 4.98 Å². The summed E-state index contributed by atoms with van der Waals surface area (Å²) >= 11 is 0. The highest BCUT2D eigenvalue weighted by molar-refractivity contribution is 5.42. The molecule has 0 bridgehead atoms. The molecule has 1 aromatic heterocycles. The number of nitrogens with one attached hydrogen (secondary N) is 1. The molecule has 78 valence electrons. The van der Waals surface area contributed by atoms with E-state index >= 15 is 0 Å². The third-order valence-corrected chi connectivity index (χ3v) is 2.25. The van der Waals surface area contributed by atoms with Crippen LogP contribution in [0.3, 0.4) is 0 Å². The van der Waals surface area contributed by atoms with Gasteiger partial charge in [0.25, 0.3) is 0 Å². The smallest absolute Gasteiger partial charge is 0.128 e. The quantitative estimate of drug-likeness (QED) is 0.755. The van der Waals surface area contributed by atoms with Crippen molar-refractivity contribution in [2.75, 3.05) is 11.1 Å². The molecule has 0 fully saturated rings. The number of anilines is 2. The summed E-state index contributed by atoms with van der Waals surface area (Å²) in [5.74, 6) is 1.45. The first-order chi connectivity index (χ1) is 6.76. The molecule has 0 aliphatic rings. The van der Waals surface area contributed by atoms with Crippen LogP contribution in [-0.4, -0.2) is 11.0 Å². The topological polar surface area (TPSA) is 50.9 Å². The van der Waals surface area contributed by atoms with Gasteiger partial charge in [-0.25, -0.2) is 4.98 Å². The molecule has 0 aromatic carbocycles. The maximum absolute atomic E-state index is 5.60. The Kier molecular flexibility index (Phi) is 4.23. The van der Waals surface area contributed by atoms with Crippen LogP contribution in [0, 0.1) is 0 Å². The molecule has 0 saturated heterocycles. The Morgan fingerprint density at radius 1 is 1.43 bits per heavy atom. The van der Waals surface area contributed by atoms with E-state index in [0.29, 0.717) is 11.9 Å². The molecular formula is C11H19N3. The van der Waals surface area contributed by atoms with Gasteiger partial charge in [-0.3, -0.25) is 0 Å². The monoisotopic (exact) mass is 193 g/mol. The minimum Gasteiger partial charge on any atom is -0.384 e. The number of hydrogen-bond donors (Lipinski definition) is 2. The van der Waals surface area contributed by atoms with Crippen LogP contribution < -0.4 is 11.1 Å². The van der Waals surface area contributed by atoms with E-state index in [4.69, 9.17) is 5.73 Å². The Bertz CT molecular complexity index is 273. The van der Waals surface area contributed by atoms with Gasteiger partial charge in [0.15, 0.2) is 0 Å². The number of aromatic nitrogens is 1. The lowest BCUT2D eigenvalue weighted by Gasteiger charge is -2.16. The van der Waals surface area contributed by atoms with Gasteiger partial charge in [-0.1, -0.05) is 26.3 Å². The maximum Gasteiger partial charge on any atom is 0.128 e. The van der Waals surface area contributed by atoms with Crippen molar-refractivity contribution < 1.29 is 0 Å². The van der Waals surface area contributed by atoms with Crippen molar-refractivity contribution in [3.05, 3.63) is 18.2 Å². The highest BCUT2D eigenvalue weighted by Crippen LogP contribution is 2.11. The Hall–Kier alpha value is -1.25. The van der Waals surface area contributed by atoms with Gasteiger partial charge >= 0.3 is 0 Å². The highest BCUT2D eigenvalue weighted by Gasteiger charge is 2.04. The fraction of sp³-hybridized carbons (Fsp3) is 0.545. The van der Waals surface area contributed by atoms with Gasteiger partial charge in [-0.2, -0.15) is 0 Å². The summed E-state index contributed by atoms with van der Waals surface area (Å²) < 4.78 is 0. The second kappa shape index (κ2) is 5.47. The predicted octanol–water partition coefficient (Wildman–Crippen LogP) is 2.65. The summed E-state index contributed by atoms with van der Waals surface area (Å²) in [6.07, 6.45) is 3.48. The lowest BCUT2D eigenvalue weighted by Crippen LogP contribution is -2.18. The molecule has 0 spiro atoms. The molecule has 0 amide bonds. The molecule has 1 unspecified atom stereocenters. The van der Waals surface area contributed by atoms with Crippen molar-refractivity contribution in [3.8, 4) is 0 Å². The van der Waals surface area contributed by atoms with Gasteiger partial charge < -0.3 is 11.1 Å². The summed E-state index contributed by atoms with van der Waals surface area (Å²) in [4.78, 5) is 4.21. The summed E-state index contributed by atoms with van der Waals surface area (Å²) in [5, 5.41) is 3.38. The van der Waals surface area contributed by atoms with Gasteiger partial charge in [-0.05, 0) is 25.0 Å². The number of rotatable bonds is 5. The largest absolute Gasteiger partial charge is 0.384 e. The van der Waals surface area contributed by atoms with Crippen molar-refractivity contribution in [1.29, 1.82) is 0 Å². The fourth-order valence-corrected chi connectivity index (χ4v) is 1.47. The van der Waals surface area contributed by atoms with Crippen LogP contribution in [0.25, 0.3) is 0 Å². The van der Waals surface area contributed by atoms with E-state index < -0.39 is 0 Å². The standard InChI is InChI=1S/C11H19N3/c1-3-6-9(4-2)13-11-8-5-7-10(12)14-11/h5,7-9H,3-4,6H2,1-2H3,(H3,12,13,14).